The molecule has 1 fully saturated rings. The Morgan fingerprint density at radius 2 is 1.76 bits per heavy atom. The van der Waals surface area contributed by atoms with Crippen LogP contribution in [0.4, 0.5) is 8.78 Å². The number of halogens is 2. The van der Waals surface area contributed by atoms with E-state index in [1.807, 2.05) is 6.08 Å². The van der Waals surface area contributed by atoms with Crippen molar-refractivity contribution in [3.63, 3.8) is 0 Å². The largest absolute Gasteiger partial charge is 0.505 e. The number of aromatic hydroxyl groups is 1. The summed E-state index contributed by atoms with van der Waals surface area (Å²) in [5.41, 5.74) is 0.391. The lowest BCUT2D eigenvalue weighted by Crippen LogP contribution is -2.13. The maximum absolute atomic E-state index is 13.7. The molecule has 2 rings (SSSR count). The molecule has 0 amide bonds. The number of rotatable bonds is 2. The molecule has 0 atom stereocenters. The Kier molecular flexibility index (Phi) is 3.46. The fraction of sp³-hybridized carbons (Fsp3) is 0.429. The molecule has 1 nitrogen and oxygen atoms in total. The summed E-state index contributed by atoms with van der Waals surface area (Å²) < 4.78 is 26.9. The van der Waals surface area contributed by atoms with E-state index in [4.69, 9.17) is 5.11 Å². The minimum Gasteiger partial charge on any atom is -0.505 e. The first-order valence-corrected chi connectivity index (χ1v) is 5.93. The van der Waals surface area contributed by atoms with E-state index in [9.17, 15) is 8.78 Å². The van der Waals surface area contributed by atoms with Gasteiger partial charge in [-0.2, -0.15) is 4.39 Å². The van der Waals surface area contributed by atoms with Crippen LogP contribution in [0.5, 0.6) is 5.75 Å². The second kappa shape index (κ2) is 4.86. The molecule has 1 saturated carbocycles. The van der Waals surface area contributed by atoms with Crippen molar-refractivity contribution >= 4 is 0 Å². The third kappa shape index (κ3) is 2.33. The molecule has 0 aliphatic heterocycles. The number of hydrogen-bond donors (Lipinski definition) is 1. The smallest absolute Gasteiger partial charge is 0.200 e. The number of benzene rings is 1. The lowest BCUT2D eigenvalue weighted by Gasteiger charge is -2.27. The molecule has 1 aliphatic carbocycles. The summed E-state index contributed by atoms with van der Waals surface area (Å²) in [5, 5.41) is 9.07. The quantitative estimate of drug-likeness (QED) is 0.768. The van der Waals surface area contributed by atoms with Gasteiger partial charge in [0.15, 0.2) is 11.6 Å². The molecule has 0 bridgehead atoms. The van der Waals surface area contributed by atoms with Crippen LogP contribution >= 0.6 is 0 Å². The fourth-order valence-electron chi connectivity index (χ4n) is 2.54. The van der Waals surface area contributed by atoms with Gasteiger partial charge in [0, 0.05) is 0 Å². The molecular weight excluding hydrogens is 222 g/mol. The van der Waals surface area contributed by atoms with Crippen LogP contribution in [0, 0.1) is 17.6 Å². The average molecular weight is 238 g/mol. The van der Waals surface area contributed by atoms with Crippen LogP contribution in [0.25, 0.3) is 0 Å². The van der Waals surface area contributed by atoms with E-state index in [1.165, 1.54) is 12.1 Å². The monoisotopic (exact) mass is 238 g/mol. The van der Waals surface area contributed by atoms with E-state index in [2.05, 4.69) is 6.58 Å². The Morgan fingerprint density at radius 1 is 1.12 bits per heavy atom. The summed E-state index contributed by atoms with van der Waals surface area (Å²) in [4.78, 5) is 0. The molecule has 1 N–H and O–H groups in total. The zero-order chi connectivity index (χ0) is 12.4. The summed E-state index contributed by atoms with van der Waals surface area (Å²) in [6.45, 7) is 3.76. The van der Waals surface area contributed by atoms with E-state index in [0.29, 0.717) is 11.5 Å². The Bertz CT molecular complexity index is 420. The molecule has 0 heterocycles. The minimum absolute atomic E-state index is 0.0568. The molecular formula is C14H16F2O. The van der Waals surface area contributed by atoms with Crippen molar-refractivity contribution in [1.82, 2.24) is 0 Å². The van der Waals surface area contributed by atoms with Gasteiger partial charge in [0.05, 0.1) is 0 Å². The normalized spacial score (nSPS) is 24.6. The summed E-state index contributed by atoms with van der Waals surface area (Å²) in [5.74, 6) is -2.09. The third-order valence-electron chi connectivity index (χ3n) is 3.64. The van der Waals surface area contributed by atoms with E-state index in [0.717, 1.165) is 25.7 Å². The maximum atomic E-state index is 13.7. The Morgan fingerprint density at radius 3 is 2.35 bits per heavy atom. The fourth-order valence-corrected chi connectivity index (χ4v) is 2.54. The molecule has 0 radical (unpaired) electrons. The van der Waals surface area contributed by atoms with Gasteiger partial charge < -0.3 is 5.11 Å². The highest BCUT2D eigenvalue weighted by Crippen LogP contribution is 2.38. The predicted molar refractivity (Wildman–Crippen MR) is 62.9 cm³/mol. The number of phenols is 1. The molecule has 0 aromatic heterocycles. The average Bonchev–Trinajstić information content (AvgIpc) is 2.36. The van der Waals surface area contributed by atoms with Crippen molar-refractivity contribution in [1.29, 1.82) is 0 Å². The topological polar surface area (TPSA) is 20.2 Å². The Hall–Kier alpha value is -1.38. The predicted octanol–water partition coefficient (Wildman–Crippen LogP) is 4.13. The molecule has 3 heteroatoms. The van der Waals surface area contributed by atoms with Crippen molar-refractivity contribution in [3.8, 4) is 5.75 Å². The molecule has 17 heavy (non-hydrogen) atoms. The second-order valence-electron chi connectivity index (χ2n) is 4.65. The summed E-state index contributed by atoms with van der Waals surface area (Å²) in [6, 6.07) is 2.72. The molecule has 92 valence electrons. The van der Waals surface area contributed by atoms with E-state index >= 15 is 0 Å². The van der Waals surface area contributed by atoms with Gasteiger partial charge in [-0.3, -0.25) is 0 Å². The van der Waals surface area contributed by atoms with E-state index < -0.39 is 17.4 Å². The first kappa shape index (κ1) is 12.1. The van der Waals surface area contributed by atoms with Crippen LogP contribution in [0.2, 0.25) is 0 Å². The standard InChI is InChI=1S/C14H16F2O/c1-2-9-3-5-10(6-4-9)11-7-8-12(17)14(16)13(11)15/h2,7-10,17H,1,3-6H2. The first-order chi connectivity index (χ1) is 8.13. The molecule has 0 saturated heterocycles. The third-order valence-corrected chi connectivity index (χ3v) is 3.64. The lowest BCUT2D eigenvalue weighted by molar-refractivity contribution is 0.357. The zero-order valence-electron chi connectivity index (χ0n) is 9.63. The Balaban J connectivity index is 2.19. The molecule has 0 spiro atoms. The van der Waals surface area contributed by atoms with Crippen LogP contribution < -0.4 is 0 Å². The van der Waals surface area contributed by atoms with Crippen molar-refractivity contribution < 1.29 is 13.9 Å². The lowest BCUT2D eigenvalue weighted by atomic mass is 9.78. The highest BCUT2D eigenvalue weighted by molar-refractivity contribution is 5.32. The second-order valence-corrected chi connectivity index (χ2v) is 4.65. The van der Waals surface area contributed by atoms with Gasteiger partial charge in [-0.1, -0.05) is 12.1 Å². The highest BCUT2D eigenvalue weighted by atomic mass is 19.2. The van der Waals surface area contributed by atoms with Gasteiger partial charge in [0.2, 0.25) is 5.82 Å². The van der Waals surface area contributed by atoms with Crippen molar-refractivity contribution in [2.24, 2.45) is 5.92 Å². The van der Waals surface area contributed by atoms with Crippen molar-refractivity contribution in [2.75, 3.05) is 0 Å². The van der Waals surface area contributed by atoms with Gasteiger partial charge in [-0.05, 0) is 49.1 Å². The first-order valence-electron chi connectivity index (χ1n) is 5.93. The minimum atomic E-state index is -1.13. The van der Waals surface area contributed by atoms with Gasteiger partial charge in [-0.15, -0.1) is 6.58 Å². The van der Waals surface area contributed by atoms with Crippen LogP contribution in [0.3, 0.4) is 0 Å². The summed E-state index contributed by atoms with van der Waals surface area (Å²) in [7, 11) is 0. The van der Waals surface area contributed by atoms with Crippen molar-refractivity contribution in [3.05, 3.63) is 42.0 Å². The van der Waals surface area contributed by atoms with E-state index in [1.54, 1.807) is 0 Å². The summed E-state index contributed by atoms with van der Waals surface area (Å²) >= 11 is 0. The zero-order valence-corrected chi connectivity index (χ0v) is 9.63. The highest BCUT2D eigenvalue weighted by Gasteiger charge is 2.25. The van der Waals surface area contributed by atoms with Crippen LogP contribution in [-0.2, 0) is 0 Å². The van der Waals surface area contributed by atoms with Gasteiger partial charge in [0.1, 0.15) is 0 Å². The molecule has 1 aromatic rings. The number of allylic oxidation sites excluding steroid dienone is 1. The number of hydrogen-bond acceptors (Lipinski definition) is 1. The van der Waals surface area contributed by atoms with Crippen LogP contribution in [0.1, 0.15) is 37.2 Å². The molecule has 1 aromatic carbocycles. The summed E-state index contributed by atoms with van der Waals surface area (Å²) in [6.07, 6.45) is 5.56. The van der Waals surface area contributed by atoms with E-state index in [-0.39, 0.29) is 5.92 Å². The molecule has 1 aliphatic rings. The van der Waals surface area contributed by atoms with Gasteiger partial charge in [0.25, 0.3) is 0 Å². The van der Waals surface area contributed by atoms with Gasteiger partial charge in [-0.25, -0.2) is 4.39 Å². The molecule has 0 unspecified atom stereocenters. The maximum Gasteiger partial charge on any atom is 0.200 e. The van der Waals surface area contributed by atoms with Crippen LogP contribution in [0.15, 0.2) is 24.8 Å². The number of phenolic OH excluding ortho intramolecular Hbond substituents is 1. The Labute approximate surface area is 99.8 Å². The SMILES string of the molecule is C=CC1CCC(c2ccc(O)c(F)c2F)CC1. The van der Waals surface area contributed by atoms with Crippen molar-refractivity contribution in [2.45, 2.75) is 31.6 Å². The van der Waals surface area contributed by atoms with Crippen LogP contribution in [-0.4, -0.2) is 5.11 Å². The van der Waals surface area contributed by atoms with Gasteiger partial charge >= 0.3 is 0 Å².